The highest BCUT2D eigenvalue weighted by molar-refractivity contribution is 5.32. The molecule has 0 aliphatic heterocycles. The van der Waals surface area contributed by atoms with E-state index in [9.17, 15) is 13.2 Å². The summed E-state index contributed by atoms with van der Waals surface area (Å²) in [5.74, 6) is -1.10. The molecule has 5 heteroatoms. The molecule has 0 aromatic carbocycles. The van der Waals surface area contributed by atoms with Crippen LogP contribution in [0.4, 0.5) is 13.2 Å². The highest BCUT2D eigenvalue weighted by atomic mass is 19.3. The first-order chi connectivity index (χ1) is 6.06. The lowest BCUT2D eigenvalue weighted by Crippen LogP contribution is -1.99. The Bertz CT molecular complexity index is 291. The van der Waals surface area contributed by atoms with E-state index in [1.54, 1.807) is 0 Å². The third-order valence-electron chi connectivity index (χ3n) is 1.56. The van der Waals surface area contributed by atoms with Gasteiger partial charge in [-0.2, -0.15) is 4.39 Å². The van der Waals surface area contributed by atoms with Gasteiger partial charge in [-0.1, -0.05) is 0 Å². The number of hydrogen-bond donors (Lipinski definition) is 0. The van der Waals surface area contributed by atoms with Gasteiger partial charge in [-0.05, 0) is 18.6 Å². The van der Waals surface area contributed by atoms with E-state index in [0.29, 0.717) is 5.56 Å². The molecule has 0 fully saturated rings. The Labute approximate surface area is 73.4 Å². The maximum Gasteiger partial charge on any atom is 0.280 e. The summed E-state index contributed by atoms with van der Waals surface area (Å²) in [6.07, 6.45) is -2.76. The Balaban J connectivity index is 3.20. The Morgan fingerprint density at radius 3 is 2.46 bits per heavy atom. The van der Waals surface area contributed by atoms with Crippen LogP contribution in [0.15, 0.2) is 6.07 Å². The summed E-state index contributed by atoms with van der Waals surface area (Å²) in [7, 11) is 1.26. The van der Waals surface area contributed by atoms with E-state index in [1.165, 1.54) is 14.0 Å². The summed E-state index contributed by atoms with van der Waals surface area (Å²) in [5.41, 5.74) is -0.263. The molecule has 0 spiro atoms. The first-order valence-corrected chi connectivity index (χ1v) is 3.55. The van der Waals surface area contributed by atoms with Crippen LogP contribution in [0.1, 0.15) is 17.7 Å². The van der Waals surface area contributed by atoms with Gasteiger partial charge in [0.05, 0.1) is 7.11 Å². The number of hydrogen-bond acceptors (Lipinski definition) is 2. The van der Waals surface area contributed by atoms with Crippen LogP contribution in [0.5, 0.6) is 5.75 Å². The lowest BCUT2D eigenvalue weighted by Gasteiger charge is -2.06. The molecule has 13 heavy (non-hydrogen) atoms. The van der Waals surface area contributed by atoms with Gasteiger partial charge in [0.2, 0.25) is 0 Å². The van der Waals surface area contributed by atoms with E-state index in [2.05, 4.69) is 9.72 Å². The Morgan fingerprint density at radius 1 is 1.46 bits per heavy atom. The molecule has 1 rings (SSSR count). The Morgan fingerprint density at radius 2 is 2.08 bits per heavy atom. The molecular formula is C8H8F3NO. The summed E-state index contributed by atoms with van der Waals surface area (Å²) >= 11 is 0. The van der Waals surface area contributed by atoms with Gasteiger partial charge in [0.1, 0.15) is 5.69 Å². The molecule has 0 N–H and O–H groups in total. The van der Waals surface area contributed by atoms with Crippen molar-refractivity contribution >= 4 is 0 Å². The summed E-state index contributed by atoms with van der Waals surface area (Å²) < 4.78 is 41.7. The molecule has 72 valence electrons. The van der Waals surface area contributed by atoms with Crippen molar-refractivity contribution in [3.8, 4) is 5.75 Å². The minimum absolute atomic E-state index is 0.0931. The number of methoxy groups -OCH3 is 1. The lowest BCUT2D eigenvalue weighted by atomic mass is 10.2. The number of alkyl halides is 2. The zero-order chi connectivity index (χ0) is 10.0. The van der Waals surface area contributed by atoms with Gasteiger partial charge in [0.15, 0.2) is 5.75 Å². The molecule has 0 aliphatic carbocycles. The Hall–Kier alpha value is -1.26. The van der Waals surface area contributed by atoms with E-state index >= 15 is 0 Å². The Kier molecular flexibility index (Phi) is 2.75. The van der Waals surface area contributed by atoms with Gasteiger partial charge in [-0.15, -0.1) is 0 Å². The fraction of sp³-hybridized carbons (Fsp3) is 0.375. The molecule has 0 radical (unpaired) electrons. The number of aromatic nitrogens is 1. The standard InChI is InChI=1S/C8H8F3NO/c1-4-3-5(7(9)10)12-8(11)6(4)13-2/h3,7H,1-2H3. The number of pyridine rings is 1. The van der Waals surface area contributed by atoms with Crippen molar-refractivity contribution in [3.63, 3.8) is 0 Å². The average molecular weight is 191 g/mol. The number of halogens is 3. The van der Waals surface area contributed by atoms with Crippen LogP contribution in [-0.2, 0) is 0 Å². The maximum atomic E-state index is 12.9. The second kappa shape index (κ2) is 3.64. The maximum absolute atomic E-state index is 12.9. The molecular weight excluding hydrogens is 183 g/mol. The molecule has 1 aromatic rings. The minimum atomic E-state index is -2.76. The molecule has 0 unspecified atom stereocenters. The fourth-order valence-corrected chi connectivity index (χ4v) is 1.00. The van der Waals surface area contributed by atoms with Crippen molar-refractivity contribution in [2.24, 2.45) is 0 Å². The van der Waals surface area contributed by atoms with Crippen molar-refractivity contribution < 1.29 is 17.9 Å². The first-order valence-electron chi connectivity index (χ1n) is 3.55. The number of ether oxygens (including phenoxy) is 1. The zero-order valence-electron chi connectivity index (χ0n) is 7.14. The smallest absolute Gasteiger partial charge is 0.280 e. The molecule has 0 bridgehead atoms. The van der Waals surface area contributed by atoms with Crippen LogP contribution in [0.3, 0.4) is 0 Å². The third-order valence-corrected chi connectivity index (χ3v) is 1.56. The molecule has 0 aliphatic rings. The highest BCUT2D eigenvalue weighted by Gasteiger charge is 2.15. The monoisotopic (exact) mass is 191 g/mol. The van der Waals surface area contributed by atoms with Crippen molar-refractivity contribution in [2.75, 3.05) is 7.11 Å². The van der Waals surface area contributed by atoms with Crippen LogP contribution in [0.25, 0.3) is 0 Å². The minimum Gasteiger partial charge on any atom is -0.492 e. The molecule has 1 heterocycles. The van der Waals surface area contributed by atoms with Crippen LogP contribution in [0, 0.1) is 12.9 Å². The molecule has 1 aromatic heterocycles. The number of rotatable bonds is 2. The molecule has 2 nitrogen and oxygen atoms in total. The topological polar surface area (TPSA) is 22.1 Å². The van der Waals surface area contributed by atoms with Gasteiger partial charge >= 0.3 is 0 Å². The first kappa shape index (κ1) is 9.83. The number of nitrogens with zero attached hydrogens (tertiary/aromatic N) is 1. The van der Waals surface area contributed by atoms with Gasteiger partial charge < -0.3 is 4.74 Å². The second-order valence-corrected chi connectivity index (χ2v) is 2.49. The van der Waals surface area contributed by atoms with Crippen molar-refractivity contribution in [3.05, 3.63) is 23.3 Å². The van der Waals surface area contributed by atoms with E-state index in [0.717, 1.165) is 6.07 Å². The second-order valence-electron chi connectivity index (χ2n) is 2.49. The molecule has 0 saturated carbocycles. The van der Waals surface area contributed by atoms with E-state index < -0.39 is 18.1 Å². The SMILES string of the molecule is COc1c(C)cc(C(F)F)nc1F. The fourth-order valence-electron chi connectivity index (χ4n) is 1.00. The quantitative estimate of drug-likeness (QED) is 0.670. The molecule has 0 atom stereocenters. The van der Waals surface area contributed by atoms with Crippen molar-refractivity contribution in [2.45, 2.75) is 13.3 Å². The summed E-state index contributed by atoms with van der Waals surface area (Å²) in [6.45, 7) is 1.48. The van der Waals surface area contributed by atoms with Crippen LogP contribution in [0.2, 0.25) is 0 Å². The lowest BCUT2D eigenvalue weighted by molar-refractivity contribution is 0.144. The number of aryl methyl sites for hydroxylation is 1. The zero-order valence-corrected chi connectivity index (χ0v) is 7.14. The van der Waals surface area contributed by atoms with E-state index in [1.807, 2.05) is 0 Å². The summed E-state index contributed by atoms with van der Waals surface area (Å²) in [5, 5.41) is 0. The average Bonchev–Trinajstić information content (AvgIpc) is 2.03. The van der Waals surface area contributed by atoms with Crippen LogP contribution >= 0.6 is 0 Å². The van der Waals surface area contributed by atoms with Gasteiger partial charge in [0.25, 0.3) is 12.4 Å². The molecule has 0 amide bonds. The summed E-state index contributed by atoms with van der Waals surface area (Å²) in [6, 6.07) is 1.10. The predicted molar refractivity (Wildman–Crippen MR) is 40.4 cm³/mol. The van der Waals surface area contributed by atoms with Crippen LogP contribution < -0.4 is 4.74 Å². The van der Waals surface area contributed by atoms with Crippen molar-refractivity contribution in [1.29, 1.82) is 0 Å². The predicted octanol–water partition coefficient (Wildman–Crippen LogP) is 2.48. The van der Waals surface area contributed by atoms with Gasteiger partial charge in [-0.25, -0.2) is 13.8 Å². The van der Waals surface area contributed by atoms with Crippen LogP contribution in [-0.4, -0.2) is 12.1 Å². The highest BCUT2D eigenvalue weighted by Crippen LogP contribution is 2.25. The van der Waals surface area contributed by atoms with Gasteiger partial charge in [0, 0.05) is 0 Å². The van der Waals surface area contributed by atoms with E-state index in [4.69, 9.17) is 0 Å². The largest absolute Gasteiger partial charge is 0.492 e. The molecule has 0 saturated heterocycles. The third kappa shape index (κ3) is 1.91. The normalized spacial score (nSPS) is 10.6. The summed E-state index contributed by atoms with van der Waals surface area (Å²) in [4.78, 5) is 3.06. The van der Waals surface area contributed by atoms with Gasteiger partial charge in [-0.3, -0.25) is 0 Å². The van der Waals surface area contributed by atoms with E-state index in [-0.39, 0.29) is 5.75 Å². The van der Waals surface area contributed by atoms with Crippen molar-refractivity contribution in [1.82, 2.24) is 4.98 Å².